The molecule has 0 amide bonds. The summed E-state index contributed by atoms with van der Waals surface area (Å²) in [5.74, 6) is 0. The Balaban J connectivity index is 2.17. The molecule has 0 saturated carbocycles. The first-order valence-corrected chi connectivity index (χ1v) is 7.08. The number of benzene rings is 1. The van der Waals surface area contributed by atoms with Crippen molar-refractivity contribution in [1.29, 1.82) is 0 Å². The fraction of sp³-hybridized carbons (Fsp3) is 0.308. The molecule has 0 bridgehead atoms. The molecule has 1 aromatic heterocycles. The summed E-state index contributed by atoms with van der Waals surface area (Å²) in [6.07, 6.45) is 0.106. The van der Waals surface area contributed by atoms with Gasteiger partial charge in [0.25, 0.3) is 0 Å². The fourth-order valence-electron chi connectivity index (χ4n) is 1.78. The molecule has 1 aromatic carbocycles. The van der Waals surface area contributed by atoms with Crippen molar-refractivity contribution in [2.45, 2.75) is 26.4 Å². The average molecular weight is 312 g/mol. The molecule has 4 heteroatoms. The molecule has 1 unspecified atom stereocenters. The van der Waals surface area contributed by atoms with E-state index in [1.165, 1.54) is 0 Å². The lowest BCUT2D eigenvalue weighted by atomic mass is 10.0. The van der Waals surface area contributed by atoms with Crippen molar-refractivity contribution >= 4 is 27.3 Å². The summed E-state index contributed by atoms with van der Waals surface area (Å²) in [5, 5.41) is 13.2. The quantitative estimate of drug-likeness (QED) is 0.935. The summed E-state index contributed by atoms with van der Waals surface area (Å²) >= 11 is 5.02. The zero-order chi connectivity index (χ0) is 12.4. The van der Waals surface area contributed by atoms with Crippen LogP contribution >= 0.6 is 27.3 Å². The molecule has 0 radical (unpaired) electrons. The zero-order valence-corrected chi connectivity index (χ0v) is 12.2. The first kappa shape index (κ1) is 12.7. The molecular formula is C13H14BrNOS. The Labute approximate surface area is 113 Å². The van der Waals surface area contributed by atoms with Crippen LogP contribution < -0.4 is 0 Å². The van der Waals surface area contributed by atoms with Crippen LogP contribution in [-0.2, 0) is 6.42 Å². The van der Waals surface area contributed by atoms with Crippen LogP contribution in [0.1, 0.15) is 27.9 Å². The number of aromatic nitrogens is 1. The highest BCUT2D eigenvalue weighted by molar-refractivity contribution is 9.10. The lowest BCUT2D eigenvalue weighted by molar-refractivity contribution is 0.177. The third kappa shape index (κ3) is 3.15. The number of thiazole rings is 1. The molecule has 1 N–H and O–H groups in total. The average Bonchev–Trinajstić information content (AvgIpc) is 2.63. The molecule has 1 atom stereocenters. The number of aryl methyl sites for hydroxylation is 2. The standard InChI is InChI=1S/C13H14BrNOS/c1-8-5-10(14)3-4-11(8)12(16)6-13-15-9(2)7-17-13/h3-5,7,12,16H,6H2,1-2H3. The molecule has 0 saturated heterocycles. The van der Waals surface area contributed by atoms with Gasteiger partial charge in [0, 0.05) is 22.0 Å². The topological polar surface area (TPSA) is 33.1 Å². The van der Waals surface area contributed by atoms with Gasteiger partial charge in [0.2, 0.25) is 0 Å². The number of aliphatic hydroxyl groups excluding tert-OH is 1. The minimum atomic E-state index is -0.478. The Bertz CT molecular complexity index is 524. The number of hydrogen-bond acceptors (Lipinski definition) is 3. The Morgan fingerprint density at radius 3 is 2.76 bits per heavy atom. The van der Waals surface area contributed by atoms with Gasteiger partial charge in [-0.25, -0.2) is 4.98 Å². The third-order valence-corrected chi connectivity index (χ3v) is 4.11. The van der Waals surface area contributed by atoms with Gasteiger partial charge >= 0.3 is 0 Å². The summed E-state index contributed by atoms with van der Waals surface area (Å²) in [6, 6.07) is 5.94. The Hall–Kier alpha value is -0.710. The molecular weight excluding hydrogens is 298 g/mol. The van der Waals surface area contributed by atoms with Gasteiger partial charge in [0.05, 0.1) is 11.1 Å². The second-order valence-corrected chi connectivity index (χ2v) is 5.96. The minimum absolute atomic E-state index is 0.478. The molecule has 17 heavy (non-hydrogen) atoms. The van der Waals surface area contributed by atoms with E-state index in [1.54, 1.807) is 11.3 Å². The Morgan fingerprint density at radius 2 is 2.18 bits per heavy atom. The van der Waals surface area contributed by atoms with E-state index in [4.69, 9.17) is 0 Å². The van der Waals surface area contributed by atoms with E-state index in [0.29, 0.717) is 6.42 Å². The molecule has 2 aromatic rings. The van der Waals surface area contributed by atoms with E-state index in [0.717, 1.165) is 26.3 Å². The lowest BCUT2D eigenvalue weighted by Crippen LogP contribution is -2.03. The van der Waals surface area contributed by atoms with Crippen molar-refractivity contribution in [1.82, 2.24) is 4.98 Å². The SMILES string of the molecule is Cc1csc(CC(O)c2ccc(Br)cc2C)n1. The predicted molar refractivity (Wildman–Crippen MR) is 74.4 cm³/mol. The molecule has 0 aliphatic carbocycles. The molecule has 0 aliphatic rings. The summed E-state index contributed by atoms with van der Waals surface area (Å²) < 4.78 is 1.04. The lowest BCUT2D eigenvalue weighted by Gasteiger charge is -2.12. The van der Waals surface area contributed by atoms with Crippen LogP contribution in [0.15, 0.2) is 28.1 Å². The number of nitrogens with zero attached hydrogens (tertiary/aromatic N) is 1. The maximum absolute atomic E-state index is 10.2. The van der Waals surface area contributed by atoms with E-state index >= 15 is 0 Å². The van der Waals surface area contributed by atoms with Gasteiger partial charge in [-0.15, -0.1) is 11.3 Å². The molecule has 0 spiro atoms. The van der Waals surface area contributed by atoms with Crippen molar-refractivity contribution < 1.29 is 5.11 Å². The Kier molecular flexibility index (Phi) is 3.97. The Morgan fingerprint density at radius 1 is 1.41 bits per heavy atom. The summed E-state index contributed by atoms with van der Waals surface area (Å²) in [6.45, 7) is 3.98. The summed E-state index contributed by atoms with van der Waals surface area (Å²) in [5.41, 5.74) is 3.09. The van der Waals surface area contributed by atoms with Gasteiger partial charge in [-0.2, -0.15) is 0 Å². The van der Waals surface area contributed by atoms with E-state index in [-0.39, 0.29) is 0 Å². The van der Waals surface area contributed by atoms with Crippen molar-refractivity contribution in [3.8, 4) is 0 Å². The first-order valence-electron chi connectivity index (χ1n) is 5.41. The third-order valence-electron chi connectivity index (χ3n) is 2.63. The van der Waals surface area contributed by atoms with E-state index in [1.807, 2.05) is 37.4 Å². The van der Waals surface area contributed by atoms with Crippen LogP contribution in [-0.4, -0.2) is 10.1 Å². The van der Waals surface area contributed by atoms with Gasteiger partial charge in [-0.1, -0.05) is 22.0 Å². The second-order valence-electron chi connectivity index (χ2n) is 4.10. The number of rotatable bonds is 3. The fourth-order valence-corrected chi connectivity index (χ4v) is 3.07. The van der Waals surface area contributed by atoms with Gasteiger partial charge in [-0.05, 0) is 37.1 Å². The number of halogens is 1. The monoisotopic (exact) mass is 311 g/mol. The number of aliphatic hydroxyl groups is 1. The van der Waals surface area contributed by atoms with Crippen LogP contribution in [0.3, 0.4) is 0 Å². The minimum Gasteiger partial charge on any atom is -0.388 e. The highest BCUT2D eigenvalue weighted by Gasteiger charge is 2.13. The highest BCUT2D eigenvalue weighted by atomic mass is 79.9. The van der Waals surface area contributed by atoms with Gasteiger partial charge < -0.3 is 5.11 Å². The van der Waals surface area contributed by atoms with Crippen molar-refractivity contribution in [2.24, 2.45) is 0 Å². The maximum atomic E-state index is 10.2. The van der Waals surface area contributed by atoms with Crippen LogP contribution in [0.5, 0.6) is 0 Å². The molecule has 2 rings (SSSR count). The van der Waals surface area contributed by atoms with Gasteiger partial charge in [-0.3, -0.25) is 0 Å². The normalized spacial score (nSPS) is 12.7. The van der Waals surface area contributed by atoms with E-state index in [9.17, 15) is 5.11 Å². The predicted octanol–water partition coefficient (Wildman–Crippen LogP) is 3.80. The molecule has 0 fully saturated rings. The molecule has 90 valence electrons. The molecule has 1 heterocycles. The van der Waals surface area contributed by atoms with Gasteiger partial charge in [0.1, 0.15) is 0 Å². The van der Waals surface area contributed by atoms with Crippen LogP contribution in [0.2, 0.25) is 0 Å². The molecule has 0 aliphatic heterocycles. The maximum Gasteiger partial charge on any atom is 0.0957 e. The van der Waals surface area contributed by atoms with E-state index in [2.05, 4.69) is 20.9 Å². The summed E-state index contributed by atoms with van der Waals surface area (Å²) in [4.78, 5) is 4.37. The van der Waals surface area contributed by atoms with Gasteiger partial charge in [0.15, 0.2) is 0 Å². The van der Waals surface area contributed by atoms with Crippen LogP contribution in [0.25, 0.3) is 0 Å². The van der Waals surface area contributed by atoms with Crippen molar-refractivity contribution in [3.05, 3.63) is 49.9 Å². The molecule has 2 nitrogen and oxygen atoms in total. The second kappa shape index (κ2) is 5.29. The smallest absolute Gasteiger partial charge is 0.0957 e. The number of hydrogen-bond donors (Lipinski definition) is 1. The van der Waals surface area contributed by atoms with Crippen molar-refractivity contribution in [3.63, 3.8) is 0 Å². The zero-order valence-electron chi connectivity index (χ0n) is 9.77. The van der Waals surface area contributed by atoms with E-state index < -0.39 is 6.10 Å². The van der Waals surface area contributed by atoms with Crippen molar-refractivity contribution in [2.75, 3.05) is 0 Å². The van der Waals surface area contributed by atoms with Crippen LogP contribution in [0, 0.1) is 13.8 Å². The summed E-state index contributed by atoms with van der Waals surface area (Å²) in [7, 11) is 0. The highest BCUT2D eigenvalue weighted by Crippen LogP contribution is 2.25. The van der Waals surface area contributed by atoms with Crippen LogP contribution in [0.4, 0.5) is 0 Å². The largest absolute Gasteiger partial charge is 0.388 e. The first-order chi connectivity index (χ1) is 8.06.